The highest BCUT2D eigenvalue weighted by Gasteiger charge is 2.01. The molecule has 3 rings (SSSR count). The zero-order valence-electron chi connectivity index (χ0n) is 8.24. The van der Waals surface area contributed by atoms with Crippen molar-refractivity contribution >= 4 is 33.4 Å². The molecule has 1 nitrogen and oxygen atoms in total. The van der Waals surface area contributed by atoms with Crippen LogP contribution in [-0.2, 0) is 0 Å². The fourth-order valence-corrected chi connectivity index (χ4v) is 1.96. The van der Waals surface area contributed by atoms with E-state index in [2.05, 4.69) is 4.98 Å². The third-order valence-electron chi connectivity index (χ3n) is 2.53. The van der Waals surface area contributed by atoms with Crippen LogP contribution in [0.15, 0.2) is 42.5 Å². The Morgan fingerprint density at radius 1 is 0.875 bits per heavy atom. The topological polar surface area (TPSA) is 12.9 Å². The molecule has 0 bridgehead atoms. The molecular formula is C13H7ClFN. The molecule has 0 atom stereocenters. The normalized spacial score (nSPS) is 11.1. The number of rotatable bonds is 0. The predicted molar refractivity (Wildman–Crippen MR) is 64.2 cm³/mol. The van der Waals surface area contributed by atoms with Crippen LogP contribution in [0.25, 0.3) is 21.8 Å². The number of fused-ring (bicyclic) bond motifs is 2. The Hall–Kier alpha value is -1.67. The number of pyridine rings is 1. The van der Waals surface area contributed by atoms with E-state index >= 15 is 0 Å². The maximum absolute atomic E-state index is 13.0. The molecule has 0 unspecified atom stereocenters. The van der Waals surface area contributed by atoms with Crippen molar-refractivity contribution in [2.45, 2.75) is 0 Å². The highest BCUT2D eigenvalue weighted by Crippen LogP contribution is 2.22. The molecule has 0 saturated carbocycles. The van der Waals surface area contributed by atoms with Crippen LogP contribution in [0, 0.1) is 5.82 Å². The zero-order chi connectivity index (χ0) is 11.1. The van der Waals surface area contributed by atoms with Gasteiger partial charge in [-0.3, -0.25) is 0 Å². The fraction of sp³-hybridized carbons (Fsp3) is 0. The first-order valence-corrected chi connectivity index (χ1v) is 5.26. The van der Waals surface area contributed by atoms with E-state index in [1.165, 1.54) is 12.1 Å². The smallest absolute Gasteiger partial charge is 0.125 e. The van der Waals surface area contributed by atoms with Crippen molar-refractivity contribution in [3.63, 3.8) is 0 Å². The van der Waals surface area contributed by atoms with Gasteiger partial charge in [-0.25, -0.2) is 9.37 Å². The summed E-state index contributed by atoms with van der Waals surface area (Å²) < 4.78 is 13.0. The van der Waals surface area contributed by atoms with Gasteiger partial charge in [0.05, 0.1) is 11.0 Å². The molecule has 3 aromatic rings. The average molecular weight is 232 g/mol. The van der Waals surface area contributed by atoms with Crippen molar-refractivity contribution in [2.75, 3.05) is 0 Å². The van der Waals surface area contributed by atoms with Gasteiger partial charge in [0.15, 0.2) is 0 Å². The van der Waals surface area contributed by atoms with Crippen LogP contribution >= 0.6 is 11.6 Å². The van der Waals surface area contributed by atoms with Gasteiger partial charge in [-0.2, -0.15) is 0 Å². The molecule has 0 spiro atoms. The SMILES string of the molecule is Fc1ccc2cc3cc(Cl)ccc3nc2c1. The van der Waals surface area contributed by atoms with E-state index in [4.69, 9.17) is 11.6 Å². The molecule has 78 valence electrons. The van der Waals surface area contributed by atoms with Crippen LogP contribution in [0.1, 0.15) is 0 Å². The van der Waals surface area contributed by atoms with Gasteiger partial charge in [-0.1, -0.05) is 11.6 Å². The van der Waals surface area contributed by atoms with Gasteiger partial charge >= 0.3 is 0 Å². The lowest BCUT2D eigenvalue weighted by atomic mass is 10.1. The van der Waals surface area contributed by atoms with E-state index in [1.807, 2.05) is 18.2 Å². The molecule has 0 aliphatic heterocycles. The minimum Gasteiger partial charge on any atom is -0.248 e. The summed E-state index contributed by atoms with van der Waals surface area (Å²) in [4.78, 5) is 4.38. The molecule has 0 fully saturated rings. The Morgan fingerprint density at radius 3 is 2.62 bits per heavy atom. The second-order valence-corrected chi connectivity index (χ2v) is 4.10. The van der Waals surface area contributed by atoms with E-state index in [-0.39, 0.29) is 5.82 Å². The monoisotopic (exact) mass is 231 g/mol. The van der Waals surface area contributed by atoms with Crippen molar-refractivity contribution in [3.05, 3.63) is 53.3 Å². The lowest BCUT2D eigenvalue weighted by Crippen LogP contribution is -1.83. The van der Waals surface area contributed by atoms with Crippen molar-refractivity contribution < 1.29 is 4.39 Å². The molecule has 3 heteroatoms. The second kappa shape index (κ2) is 3.42. The highest BCUT2D eigenvalue weighted by atomic mass is 35.5. The van der Waals surface area contributed by atoms with Gasteiger partial charge in [0.25, 0.3) is 0 Å². The lowest BCUT2D eigenvalue weighted by molar-refractivity contribution is 0.629. The highest BCUT2D eigenvalue weighted by molar-refractivity contribution is 6.31. The minimum absolute atomic E-state index is 0.270. The van der Waals surface area contributed by atoms with Gasteiger partial charge in [-0.05, 0) is 36.4 Å². The van der Waals surface area contributed by atoms with Crippen LogP contribution in [-0.4, -0.2) is 4.98 Å². The molecular weight excluding hydrogens is 225 g/mol. The van der Waals surface area contributed by atoms with Gasteiger partial charge in [0.1, 0.15) is 5.82 Å². The maximum Gasteiger partial charge on any atom is 0.125 e. The number of aromatic nitrogens is 1. The molecule has 0 amide bonds. The lowest BCUT2D eigenvalue weighted by Gasteiger charge is -2.02. The molecule has 0 radical (unpaired) electrons. The van der Waals surface area contributed by atoms with Crippen molar-refractivity contribution in [3.8, 4) is 0 Å². The average Bonchev–Trinajstić information content (AvgIpc) is 2.26. The van der Waals surface area contributed by atoms with Gasteiger partial charge in [0.2, 0.25) is 0 Å². The summed E-state index contributed by atoms with van der Waals surface area (Å²) in [5, 5.41) is 2.55. The largest absolute Gasteiger partial charge is 0.248 e. The van der Waals surface area contributed by atoms with Gasteiger partial charge in [0, 0.05) is 21.9 Å². The van der Waals surface area contributed by atoms with Crippen LogP contribution in [0.4, 0.5) is 4.39 Å². The molecule has 0 saturated heterocycles. The minimum atomic E-state index is -0.270. The number of benzene rings is 2. The quantitative estimate of drug-likeness (QED) is 0.529. The zero-order valence-corrected chi connectivity index (χ0v) is 9.00. The molecule has 1 aromatic heterocycles. The number of hydrogen-bond donors (Lipinski definition) is 0. The summed E-state index contributed by atoms with van der Waals surface area (Å²) in [6, 6.07) is 12.0. The third kappa shape index (κ3) is 1.51. The van der Waals surface area contributed by atoms with Gasteiger partial charge in [-0.15, -0.1) is 0 Å². The molecule has 16 heavy (non-hydrogen) atoms. The van der Waals surface area contributed by atoms with E-state index in [0.717, 1.165) is 16.3 Å². The van der Waals surface area contributed by atoms with Crippen LogP contribution in [0.2, 0.25) is 5.02 Å². The van der Waals surface area contributed by atoms with Crippen molar-refractivity contribution in [1.82, 2.24) is 4.98 Å². The first kappa shape index (κ1) is 9.55. The molecule has 0 aliphatic rings. The van der Waals surface area contributed by atoms with Crippen LogP contribution in [0.3, 0.4) is 0 Å². The summed E-state index contributed by atoms with van der Waals surface area (Å²) in [5.74, 6) is -0.270. The van der Waals surface area contributed by atoms with E-state index in [0.29, 0.717) is 10.5 Å². The van der Waals surface area contributed by atoms with E-state index in [9.17, 15) is 4.39 Å². The fourth-order valence-electron chi connectivity index (χ4n) is 1.78. The second-order valence-electron chi connectivity index (χ2n) is 3.66. The summed E-state index contributed by atoms with van der Waals surface area (Å²) in [6.07, 6.45) is 0. The number of nitrogens with zero attached hydrogens (tertiary/aromatic N) is 1. The Balaban J connectivity index is 2.44. The summed E-state index contributed by atoms with van der Waals surface area (Å²) in [5.41, 5.74) is 1.48. The van der Waals surface area contributed by atoms with Crippen LogP contribution in [0.5, 0.6) is 0 Å². The first-order valence-electron chi connectivity index (χ1n) is 4.88. The Kier molecular flexibility index (Phi) is 2.04. The summed E-state index contributed by atoms with van der Waals surface area (Å²) >= 11 is 5.91. The predicted octanol–water partition coefficient (Wildman–Crippen LogP) is 4.18. The number of halogens is 2. The Labute approximate surface area is 96.5 Å². The van der Waals surface area contributed by atoms with Crippen molar-refractivity contribution in [2.24, 2.45) is 0 Å². The van der Waals surface area contributed by atoms with Gasteiger partial charge < -0.3 is 0 Å². The molecule has 1 heterocycles. The Bertz CT molecular complexity index is 632. The molecule has 0 aliphatic carbocycles. The summed E-state index contributed by atoms with van der Waals surface area (Å²) in [6.45, 7) is 0. The summed E-state index contributed by atoms with van der Waals surface area (Å²) in [7, 11) is 0. The van der Waals surface area contributed by atoms with E-state index in [1.54, 1.807) is 12.1 Å². The van der Waals surface area contributed by atoms with Crippen molar-refractivity contribution in [1.29, 1.82) is 0 Å². The Morgan fingerprint density at radius 2 is 1.75 bits per heavy atom. The first-order chi connectivity index (χ1) is 7.72. The molecule has 2 aromatic carbocycles. The maximum atomic E-state index is 13.0. The molecule has 0 N–H and O–H groups in total. The number of hydrogen-bond acceptors (Lipinski definition) is 1. The third-order valence-corrected chi connectivity index (χ3v) is 2.77. The van der Waals surface area contributed by atoms with E-state index < -0.39 is 0 Å². The standard InChI is InChI=1S/C13H7ClFN/c14-10-2-4-12-9(6-10)5-8-1-3-11(15)7-13(8)16-12/h1-7H. The van der Waals surface area contributed by atoms with Crippen LogP contribution < -0.4 is 0 Å².